The third-order valence-corrected chi connectivity index (χ3v) is 5.02. The number of anilines is 1. The minimum Gasteiger partial charge on any atom is -0.395 e. The Balaban J connectivity index is 2.32. The van der Waals surface area contributed by atoms with Gasteiger partial charge in [0.2, 0.25) is 0 Å². The van der Waals surface area contributed by atoms with Crippen LogP contribution in [0.25, 0.3) is 0 Å². The van der Waals surface area contributed by atoms with E-state index in [2.05, 4.69) is 29.4 Å². The van der Waals surface area contributed by atoms with Crippen LogP contribution in [0.2, 0.25) is 0 Å². The molecule has 1 aliphatic carbocycles. The summed E-state index contributed by atoms with van der Waals surface area (Å²) in [6.45, 7) is 1.46. The Morgan fingerprint density at radius 1 is 1.30 bits per heavy atom. The van der Waals surface area contributed by atoms with E-state index in [1.807, 2.05) is 0 Å². The molecule has 1 fully saturated rings. The van der Waals surface area contributed by atoms with E-state index in [1.165, 1.54) is 48.3 Å². The van der Waals surface area contributed by atoms with Crippen molar-refractivity contribution in [3.05, 3.63) is 23.8 Å². The molecule has 1 aliphatic rings. The van der Waals surface area contributed by atoms with Crippen LogP contribution in [-0.2, 0) is 6.54 Å². The molecule has 0 atom stereocenters. The number of nitrogens with zero attached hydrogens (tertiary/aromatic N) is 1. The summed E-state index contributed by atoms with van der Waals surface area (Å²) in [6, 6.07) is 6.95. The highest BCUT2D eigenvalue weighted by atomic mass is 32.2. The summed E-state index contributed by atoms with van der Waals surface area (Å²) in [6.07, 6.45) is 8.49. The number of thioether (sulfide) groups is 1. The normalized spacial score (nSPS) is 16.4. The van der Waals surface area contributed by atoms with Gasteiger partial charge in [-0.15, -0.1) is 11.8 Å². The van der Waals surface area contributed by atoms with Crippen molar-refractivity contribution in [2.45, 2.75) is 49.6 Å². The van der Waals surface area contributed by atoms with Crippen LogP contribution in [0.15, 0.2) is 23.1 Å². The highest BCUT2D eigenvalue weighted by Gasteiger charge is 2.23. The van der Waals surface area contributed by atoms with Gasteiger partial charge in [-0.1, -0.05) is 25.3 Å². The summed E-state index contributed by atoms with van der Waals surface area (Å²) in [7, 11) is 0. The Morgan fingerprint density at radius 2 is 2.05 bits per heavy atom. The average molecular weight is 294 g/mol. The van der Waals surface area contributed by atoms with Gasteiger partial charge in [0.1, 0.15) is 0 Å². The standard InChI is InChI=1S/C16H26N2OS/c1-20-16-9-5-8-15(14(16)12-17)18(10-11-19)13-6-3-2-4-7-13/h5,8-9,13,19H,2-4,6-7,10-12,17H2,1H3. The van der Waals surface area contributed by atoms with E-state index in [0.717, 1.165) is 0 Å². The maximum Gasteiger partial charge on any atom is 0.0606 e. The van der Waals surface area contributed by atoms with E-state index in [-0.39, 0.29) is 6.61 Å². The van der Waals surface area contributed by atoms with Crippen LogP contribution in [0.3, 0.4) is 0 Å². The molecule has 2 rings (SSSR count). The van der Waals surface area contributed by atoms with Crippen LogP contribution in [0.5, 0.6) is 0 Å². The lowest BCUT2D eigenvalue weighted by Gasteiger charge is -2.37. The van der Waals surface area contributed by atoms with Gasteiger partial charge in [0, 0.05) is 35.3 Å². The van der Waals surface area contributed by atoms with Gasteiger partial charge in [-0.3, -0.25) is 0 Å². The SMILES string of the molecule is CSc1cccc(N(CCO)C2CCCCC2)c1CN. The highest BCUT2D eigenvalue weighted by molar-refractivity contribution is 7.98. The molecule has 1 saturated carbocycles. The number of aliphatic hydroxyl groups excluding tert-OH is 1. The molecule has 20 heavy (non-hydrogen) atoms. The van der Waals surface area contributed by atoms with Gasteiger partial charge < -0.3 is 15.7 Å². The van der Waals surface area contributed by atoms with Crippen LogP contribution in [0.4, 0.5) is 5.69 Å². The zero-order valence-corrected chi connectivity index (χ0v) is 13.2. The molecule has 0 radical (unpaired) electrons. The fraction of sp³-hybridized carbons (Fsp3) is 0.625. The molecule has 1 aromatic rings. The Hall–Kier alpha value is -0.710. The van der Waals surface area contributed by atoms with E-state index in [4.69, 9.17) is 5.73 Å². The maximum absolute atomic E-state index is 9.44. The van der Waals surface area contributed by atoms with Gasteiger partial charge in [0.15, 0.2) is 0 Å². The van der Waals surface area contributed by atoms with Gasteiger partial charge in [0.05, 0.1) is 6.61 Å². The van der Waals surface area contributed by atoms with Crippen molar-refractivity contribution in [2.75, 3.05) is 24.3 Å². The highest BCUT2D eigenvalue weighted by Crippen LogP contribution is 2.33. The molecule has 112 valence electrons. The molecule has 3 N–H and O–H groups in total. The molecule has 0 spiro atoms. The third kappa shape index (κ3) is 3.48. The smallest absolute Gasteiger partial charge is 0.0606 e. The second-order valence-electron chi connectivity index (χ2n) is 5.37. The summed E-state index contributed by atoms with van der Waals surface area (Å²) in [5, 5.41) is 9.44. The number of hydrogen-bond acceptors (Lipinski definition) is 4. The molecule has 1 aromatic carbocycles. The molecule has 3 nitrogen and oxygen atoms in total. The molecule has 0 bridgehead atoms. The van der Waals surface area contributed by atoms with Gasteiger partial charge in [-0.2, -0.15) is 0 Å². The first-order chi connectivity index (χ1) is 9.81. The minimum absolute atomic E-state index is 0.198. The first-order valence-corrected chi connectivity index (χ1v) is 8.77. The molecule has 0 aromatic heterocycles. The Labute approximate surface area is 126 Å². The fourth-order valence-electron chi connectivity index (χ4n) is 3.22. The van der Waals surface area contributed by atoms with E-state index >= 15 is 0 Å². The van der Waals surface area contributed by atoms with Crippen molar-refractivity contribution in [2.24, 2.45) is 5.73 Å². The van der Waals surface area contributed by atoms with Crippen LogP contribution in [0, 0.1) is 0 Å². The van der Waals surface area contributed by atoms with Gasteiger partial charge >= 0.3 is 0 Å². The fourth-order valence-corrected chi connectivity index (χ4v) is 3.87. The van der Waals surface area contributed by atoms with Crippen molar-refractivity contribution in [1.29, 1.82) is 0 Å². The number of nitrogens with two attached hydrogens (primary N) is 1. The maximum atomic E-state index is 9.44. The lowest BCUT2D eigenvalue weighted by atomic mass is 9.93. The van der Waals surface area contributed by atoms with E-state index in [9.17, 15) is 5.11 Å². The molecule has 4 heteroatoms. The van der Waals surface area contributed by atoms with Crippen LogP contribution in [-0.4, -0.2) is 30.6 Å². The molecule has 0 unspecified atom stereocenters. The molecular formula is C16H26N2OS. The average Bonchev–Trinajstić information content (AvgIpc) is 2.52. The van der Waals surface area contributed by atoms with Crippen LogP contribution < -0.4 is 10.6 Å². The summed E-state index contributed by atoms with van der Waals surface area (Å²) < 4.78 is 0. The monoisotopic (exact) mass is 294 g/mol. The van der Waals surface area contributed by atoms with Gasteiger partial charge in [0.25, 0.3) is 0 Å². The lowest BCUT2D eigenvalue weighted by molar-refractivity contribution is 0.290. The molecule has 0 amide bonds. The third-order valence-electron chi connectivity index (χ3n) is 4.20. The molecule has 0 heterocycles. The predicted molar refractivity (Wildman–Crippen MR) is 87.4 cm³/mol. The molecular weight excluding hydrogens is 268 g/mol. The van der Waals surface area contributed by atoms with E-state index in [0.29, 0.717) is 19.1 Å². The van der Waals surface area contributed by atoms with Crippen molar-refractivity contribution in [1.82, 2.24) is 0 Å². The van der Waals surface area contributed by atoms with Crippen molar-refractivity contribution >= 4 is 17.4 Å². The summed E-state index contributed by atoms with van der Waals surface area (Å²) in [5.41, 5.74) is 8.43. The van der Waals surface area contributed by atoms with Crippen LogP contribution in [0.1, 0.15) is 37.7 Å². The first kappa shape index (κ1) is 15.7. The van der Waals surface area contributed by atoms with Gasteiger partial charge in [-0.05, 0) is 31.2 Å². The number of hydrogen-bond donors (Lipinski definition) is 2. The Bertz CT molecular complexity index is 419. The Kier molecular flexibility index (Phi) is 6.20. The number of rotatable bonds is 6. The quantitative estimate of drug-likeness (QED) is 0.792. The zero-order valence-electron chi connectivity index (χ0n) is 12.3. The van der Waals surface area contributed by atoms with Crippen molar-refractivity contribution in [3.8, 4) is 0 Å². The van der Waals surface area contributed by atoms with E-state index in [1.54, 1.807) is 11.8 Å². The predicted octanol–water partition coefficient (Wildman–Crippen LogP) is 3.00. The van der Waals surface area contributed by atoms with E-state index < -0.39 is 0 Å². The zero-order chi connectivity index (χ0) is 14.4. The summed E-state index contributed by atoms with van der Waals surface area (Å²) >= 11 is 1.75. The first-order valence-electron chi connectivity index (χ1n) is 7.55. The second kappa shape index (κ2) is 7.91. The van der Waals surface area contributed by atoms with Crippen molar-refractivity contribution in [3.63, 3.8) is 0 Å². The second-order valence-corrected chi connectivity index (χ2v) is 6.22. The summed E-state index contributed by atoms with van der Waals surface area (Å²) in [4.78, 5) is 3.64. The summed E-state index contributed by atoms with van der Waals surface area (Å²) in [5.74, 6) is 0. The largest absolute Gasteiger partial charge is 0.395 e. The topological polar surface area (TPSA) is 49.5 Å². The van der Waals surface area contributed by atoms with Gasteiger partial charge in [-0.25, -0.2) is 0 Å². The number of benzene rings is 1. The van der Waals surface area contributed by atoms with Crippen molar-refractivity contribution < 1.29 is 5.11 Å². The lowest BCUT2D eigenvalue weighted by Crippen LogP contribution is -2.39. The van der Waals surface area contributed by atoms with Crippen LogP contribution >= 0.6 is 11.8 Å². The molecule has 0 saturated heterocycles. The Morgan fingerprint density at radius 3 is 2.65 bits per heavy atom. The minimum atomic E-state index is 0.198. The molecule has 0 aliphatic heterocycles. The number of aliphatic hydroxyl groups is 1.